The van der Waals surface area contributed by atoms with E-state index in [-0.39, 0.29) is 184 Å². The van der Waals surface area contributed by atoms with Crippen LogP contribution in [0, 0.1) is 59.8 Å². The van der Waals surface area contributed by atoms with Crippen molar-refractivity contribution in [2.45, 2.75) is 181 Å². The summed E-state index contributed by atoms with van der Waals surface area (Å²) in [5.74, 6) is -0.896. The molecule has 26 heteroatoms. The van der Waals surface area contributed by atoms with Gasteiger partial charge in [0.1, 0.15) is 6.61 Å². The van der Waals surface area contributed by atoms with Gasteiger partial charge in [-0.05, 0) is 71.6 Å². The number of nitrogens with one attached hydrogen (secondary N) is 7. The van der Waals surface area contributed by atoms with E-state index in [1.807, 2.05) is 79.7 Å². The number of nitrogens with zero attached hydrogens (tertiary/aromatic N) is 4. The fourth-order valence-electron chi connectivity index (χ4n) is 10.1. The van der Waals surface area contributed by atoms with Crippen LogP contribution >= 0.6 is 0 Å². The van der Waals surface area contributed by atoms with Crippen LogP contribution in [0.5, 0.6) is 0 Å². The first-order valence-electron chi connectivity index (χ1n) is 35.6. The molecule has 3 fully saturated rings. The average molecular weight is 1390 g/mol. The third-order valence-corrected chi connectivity index (χ3v) is 16.1. The number of ether oxygens (including phenoxy) is 4. The van der Waals surface area contributed by atoms with Gasteiger partial charge in [0.25, 0.3) is 0 Å². The lowest BCUT2D eigenvalue weighted by Gasteiger charge is -2.16. The summed E-state index contributed by atoms with van der Waals surface area (Å²) in [6.07, 6.45) is 5.20. The number of rotatable bonds is 43. The second-order valence-electron chi connectivity index (χ2n) is 27.7. The number of allylic oxidation sites excluding steroid dienone is 1. The van der Waals surface area contributed by atoms with Gasteiger partial charge in [0.15, 0.2) is 6.20 Å². The summed E-state index contributed by atoms with van der Waals surface area (Å²) in [5, 5.41) is 20.2. The van der Waals surface area contributed by atoms with Gasteiger partial charge in [-0.25, -0.2) is 4.85 Å². The van der Waals surface area contributed by atoms with E-state index in [9.17, 15) is 52.7 Å². The highest BCUT2D eigenvalue weighted by atomic mass is 16.5. The van der Waals surface area contributed by atoms with Crippen molar-refractivity contribution in [3.8, 4) is 0 Å². The maximum absolute atomic E-state index is 12.1. The molecule has 4 rings (SSSR count). The Bertz CT molecular complexity index is 2630. The molecule has 3 aliphatic rings. The number of benzene rings is 1. The van der Waals surface area contributed by atoms with Gasteiger partial charge in [-0.3, -0.25) is 67.4 Å². The van der Waals surface area contributed by atoms with Crippen molar-refractivity contribution < 1.29 is 71.7 Å². The van der Waals surface area contributed by atoms with E-state index in [4.69, 9.17) is 25.5 Å². The summed E-state index contributed by atoms with van der Waals surface area (Å²) in [7, 11) is 0. The van der Waals surface area contributed by atoms with E-state index >= 15 is 0 Å². The zero-order valence-electron chi connectivity index (χ0n) is 62.5. The quantitative estimate of drug-likeness (QED) is 0.0201. The molecule has 7 N–H and O–H groups in total. The minimum Gasteiger partial charge on any atom is -0.381 e. The number of carbonyl (C=O) groups excluding carboxylic acids is 11. The fourth-order valence-corrected chi connectivity index (χ4v) is 10.1. The van der Waals surface area contributed by atoms with Crippen LogP contribution in [0.3, 0.4) is 0 Å². The van der Waals surface area contributed by atoms with Gasteiger partial charge in [0.2, 0.25) is 65.0 Å². The zero-order valence-corrected chi connectivity index (χ0v) is 62.5. The van der Waals surface area contributed by atoms with E-state index in [0.29, 0.717) is 89.6 Å². The molecule has 0 spiro atoms. The second-order valence-corrected chi connectivity index (χ2v) is 27.7. The first-order chi connectivity index (χ1) is 46.8. The van der Waals surface area contributed by atoms with Crippen molar-refractivity contribution in [3.63, 3.8) is 0 Å². The Hall–Kier alpha value is -7.02. The van der Waals surface area contributed by atoms with Gasteiger partial charge in [0.05, 0.1) is 52.6 Å². The monoisotopic (exact) mass is 1390 g/mol. The van der Waals surface area contributed by atoms with Crippen LogP contribution in [0.2, 0.25) is 0 Å². The Morgan fingerprint density at radius 1 is 0.475 bits per heavy atom. The molecule has 0 aliphatic carbocycles. The maximum Gasteiger partial charge on any atom is 0.246 e. The lowest BCUT2D eigenvalue weighted by atomic mass is 9.94. The Labute approximate surface area is 590 Å². The summed E-state index contributed by atoms with van der Waals surface area (Å²) in [6.45, 7) is 46.5. The van der Waals surface area contributed by atoms with Crippen LogP contribution in [0.1, 0.15) is 174 Å². The van der Waals surface area contributed by atoms with E-state index < -0.39 is 0 Å². The molecule has 3 heterocycles. The highest BCUT2D eigenvalue weighted by Crippen LogP contribution is 2.29. The number of amides is 11. The van der Waals surface area contributed by atoms with E-state index in [1.54, 1.807) is 6.20 Å². The molecule has 1 aromatic rings. The smallest absolute Gasteiger partial charge is 0.246 e. The van der Waals surface area contributed by atoms with Gasteiger partial charge >= 0.3 is 0 Å². The Balaban J connectivity index is 0.000000660. The number of anilines is 1. The van der Waals surface area contributed by atoms with E-state index in [1.165, 1.54) is 14.7 Å². The van der Waals surface area contributed by atoms with Crippen molar-refractivity contribution in [2.75, 3.05) is 117 Å². The van der Waals surface area contributed by atoms with Crippen molar-refractivity contribution in [1.29, 1.82) is 0 Å². The molecule has 0 saturated carbocycles. The lowest BCUT2D eigenvalue weighted by Crippen LogP contribution is -2.36. The molecule has 3 saturated heterocycles. The Kier molecular flexibility index (Phi) is 46.5. The zero-order chi connectivity index (χ0) is 74.6. The molecule has 3 atom stereocenters. The standard InChI is InChI=1S/C21H30N2O2.C18H31N3O5.2C17H31N3O4/c1-16(2)7-6-13-25-14-12-21(24)23-19-10-8-18(9-11-19)20(15-22-5)17(3)4;1-12(2)10-20-16(23)11-26-8-6-19-15(22)5-7-21-17(24)9-14(13(3)4)18(21)25;2*1-12(2)14-11-16(22)20(17(14)23)8-5-15(21)19-7-10-24-9-6-18-13(3)4/h8-11,15-17H,6-7,12-14H2,1-4H3,(H,23,24);12-14H,5-11H2,1-4H3,(H,19,22)(H,20,23);2*12-14,18H,5-11H2,1-4H3,(H,19,21)/b20-15+;;;. The topological polar surface area (TPSA) is 323 Å². The molecule has 11 amide bonds. The third-order valence-electron chi connectivity index (χ3n) is 16.1. The number of imide groups is 3. The number of hydrogen-bond donors (Lipinski definition) is 7. The molecule has 26 nitrogen and oxygen atoms in total. The van der Waals surface area contributed by atoms with Crippen molar-refractivity contribution in [3.05, 3.63) is 47.4 Å². The normalized spacial score (nSPS) is 16.3. The van der Waals surface area contributed by atoms with Crippen LogP contribution in [0.25, 0.3) is 10.4 Å². The Morgan fingerprint density at radius 3 is 1.20 bits per heavy atom. The highest BCUT2D eigenvalue weighted by Gasteiger charge is 2.42. The molecule has 0 radical (unpaired) electrons. The highest BCUT2D eigenvalue weighted by molar-refractivity contribution is 6.05. The number of hydrogen-bond acceptors (Lipinski definition) is 17. The van der Waals surface area contributed by atoms with E-state index in [2.05, 4.69) is 97.5 Å². The summed E-state index contributed by atoms with van der Waals surface area (Å²) >= 11 is 0. The molecular weight excluding hydrogens is 1270 g/mol. The van der Waals surface area contributed by atoms with Crippen molar-refractivity contribution >= 4 is 76.2 Å². The molecule has 3 unspecified atom stereocenters. The molecule has 3 aliphatic heterocycles. The largest absolute Gasteiger partial charge is 0.381 e. The summed E-state index contributed by atoms with van der Waals surface area (Å²) in [4.78, 5) is 138. The molecule has 0 aromatic heterocycles. The molecular formula is C73H123N11O15. The molecule has 1 aromatic carbocycles. The first kappa shape index (κ1) is 90.0. The van der Waals surface area contributed by atoms with Gasteiger partial charge in [-0.15, -0.1) is 0 Å². The predicted molar refractivity (Wildman–Crippen MR) is 382 cm³/mol. The minimum atomic E-state index is -0.277. The van der Waals surface area contributed by atoms with Crippen molar-refractivity contribution in [1.82, 2.24) is 46.6 Å². The molecule has 560 valence electrons. The van der Waals surface area contributed by atoms with Crippen LogP contribution in [0.4, 0.5) is 5.69 Å². The molecule has 0 bridgehead atoms. The SMILES string of the molecule is CC(C)CNC(=O)COCCNC(=O)CCN1C(=O)CC(C(C)C)C1=O.CC(C)NCCOCCNC(=O)CCN1C(=O)CC(C(C)C)C1=O.CC(C)NCCOCCNC(=O)CCN1C(=O)CC(C(C)C)C1=O.[C-]#[N+]/C=C(/c1ccc(NC(=O)CCOCCCC(C)C)cc1)C(C)C. The number of likely N-dealkylation sites (tertiary alicyclic amines) is 3. The third kappa shape index (κ3) is 39.5. The second kappa shape index (κ2) is 51.2. The first-order valence-corrected chi connectivity index (χ1v) is 35.6. The van der Waals surface area contributed by atoms with Gasteiger partial charge in [-0.2, -0.15) is 0 Å². The Morgan fingerprint density at radius 2 is 0.859 bits per heavy atom. The predicted octanol–water partition coefficient (Wildman–Crippen LogP) is 6.77. The summed E-state index contributed by atoms with van der Waals surface area (Å²) in [5.41, 5.74) is 2.78. The van der Waals surface area contributed by atoms with Crippen LogP contribution in [-0.2, 0) is 71.7 Å². The average Bonchev–Trinajstić information content (AvgIpc) is 1.72. The summed E-state index contributed by atoms with van der Waals surface area (Å²) in [6, 6.07) is 8.48. The summed E-state index contributed by atoms with van der Waals surface area (Å²) < 4.78 is 21.5. The molecule has 99 heavy (non-hydrogen) atoms. The van der Waals surface area contributed by atoms with E-state index in [0.717, 1.165) is 42.8 Å². The van der Waals surface area contributed by atoms with Gasteiger partial charge in [0, 0.05) is 140 Å². The van der Waals surface area contributed by atoms with Gasteiger partial charge in [-0.1, -0.05) is 123 Å². The minimum absolute atomic E-state index is 0.0441. The fraction of sp³-hybridized carbons (Fsp3) is 0.726. The lowest BCUT2D eigenvalue weighted by molar-refractivity contribution is -0.142. The van der Waals surface area contributed by atoms with Crippen LogP contribution in [0.15, 0.2) is 30.5 Å². The number of carbonyl (C=O) groups is 11. The van der Waals surface area contributed by atoms with Crippen LogP contribution < -0.4 is 37.2 Å². The van der Waals surface area contributed by atoms with Gasteiger partial charge < -0.3 is 56.2 Å². The van der Waals surface area contributed by atoms with Crippen molar-refractivity contribution in [2.24, 2.45) is 53.3 Å². The maximum atomic E-state index is 12.1. The van der Waals surface area contributed by atoms with Crippen LogP contribution in [-0.4, -0.2) is 204 Å².